The topological polar surface area (TPSA) is 55.2 Å². The van der Waals surface area contributed by atoms with Gasteiger partial charge in [-0.3, -0.25) is 9.58 Å². The molecule has 3 rings (SSSR count). The van der Waals surface area contributed by atoms with Gasteiger partial charge in [-0.1, -0.05) is 6.07 Å². The van der Waals surface area contributed by atoms with Gasteiger partial charge in [-0.05, 0) is 23.9 Å². The van der Waals surface area contributed by atoms with Crippen LogP contribution in [0.25, 0.3) is 0 Å². The van der Waals surface area contributed by atoms with Crippen LogP contribution in [0.15, 0.2) is 36.0 Å². The molecule has 0 unspecified atom stereocenters. The number of hydrogen-bond acceptors (Lipinski definition) is 5. The summed E-state index contributed by atoms with van der Waals surface area (Å²) >= 11 is 1.72. The summed E-state index contributed by atoms with van der Waals surface area (Å²) in [5, 5.41) is 6.28. The molecule has 1 atom stereocenters. The fourth-order valence-corrected chi connectivity index (χ4v) is 5.21. The molecule has 1 fully saturated rings. The molecule has 0 aromatic carbocycles. The maximum Gasteiger partial charge on any atom is 0.151 e. The van der Waals surface area contributed by atoms with Crippen molar-refractivity contribution in [1.82, 2.24) is 14.7 Å². The number of sulfone groups is 1. The Morgan fingerprint density at radius 1 is 1.43 bits per heavy atom. The van der Waals surface area contributed by atoms with Gasteiger partial charge in [-0.2, -0.15) is 5.10 Å². The van der Waals surface area contributed by atoms with Gasteiger partial charge in [0.05, 0.1) is 18.1 Å². The van der Waals surface area contributed by atoms with Crippen LogP contribution in [0.3, 0.4) is 0 Å². The molecule has 1 aliphatic heterocycles. The maximum atomic E-state index is 11.7. The van der Waals surface area contributed by atoms with Gasteiger partial charge in [0.25, 0.3) is 0 Å². The minimum absolute atomic E-state index is 0.132. The van der Waals surface area contributed by atoms with Crippen LogP contribution in [0, 0.1) is 0 Å². The lowest BCUT2D eigenvalue weighted by Crippen LogP contribution is -2.37. The van der Waals surface area contributed by atoms with Crippen molar-refractivity contribution in [2.45, 2.75) is 25.6 Å². The average molecular weight is 325 g/mol. The van der Waals surface area contributed by atoms with Crippen LogP contribution in [0.5, 0.6) is 0 Å². The number of nitrogens with zero attached hydrogens (tertiary/aromatic N) is 3. The number of thiophene rings is 1. The Kier molecular flexibility index (Phi) is 4.42. The summed E-state index contributed by atoms with van der Waals surface area (Å²) in [5.74, 6) is 0.609. The van der Waals surface area contributed by atoms with Crippen LogP contribution in [0.4, 0.5) is 0 Å². The number of hydrogen-bond donors (Lipinski definition) is 0. The van der Waals surface area contributed by atoms with Crippen molar-refractivity contribution in [3.8, 4) is 0 Å². The summed E-state index contributed by atoms with van der Waals surface area (Å²) in [7, 11) is -2.85. The largest absolute Gasteiger partial charge is 0.292 e. The molecule has 0 bridgehead atoms. The van der Waals surface area contributed by atoms with E-state index < -0.39 is 9.84 Å². The zero-order valence-corrected chi connectivity index (χ0v) is 13.4. The van der Waals surface area contributed by atoms with Crippen molar-refractivity contribution in [3.63, 3.8) is 0 Å². The van der Waals surface area contributed by atoms with E-state index in [0.717, 1.165) is 26.1 Å². The standard InChI is InChI=1S/C14H19N3O2S2/c18-21(19)10-4-13(12-21)16(11-14-3-1-9-20-14)7-8-17-6-2-5-15-17/h1-3,5-6,9,13H,4,7-8,10-12H2/t13-/m1/s1. The van der Waals surface area contributed by atoms with E-state index in [-0.39, 0.29) is 11.8 Å². The van der Waals surface area contributed by atoms with Gasteiger partial charge in [0.2, 0.25) is 0 Å². The lowest BCUT2D eigenvalue weighted by molar-refractivity contribution is 0.194. The quantitative estimate of drug-likeness (QED) is 0.810. The molecule has 114 valence electrons. The molecular formula is C14H19N3O2S2. The van der Waals surface area contributed by atoms with Crippen molar-refractivity contribution in [1.29, 1.82) is 0 Å². The van der Waals surface area contributed by atoms with Gasteiger partial charge in [-0.15, -0.1) is 11.3 Å². The highest BCUT2D eigenvalue weighted by Crippen LogP contribution is 2.21. The lowest BCUT2D eigenvalue weighted by atomic mass is 10.2. The molecule has 3 heterocycles. The first-order valence-electron chi connectivity index (χ1n) is 7.07. The third-order valence-corrected chi connectivity index (χ3v) is 6.45. The van der Waals surface area contributed by atoms with Crippen LogP contribution in [0.1, 0.15) is 11.3 Å². The Bertz CT molecular complexity index is 650. The first-order valence-corrected chi connectivity index (χ1v) is 9.77. The van der Waals surface area contributed by atoms with E-state index in [2.05, 4.69) is 21.4 Å². The Hall–Kier alpha value is -1.18. The first-order chi connectivity index (χ1) is 10.1. The molecule has 0 saturated carbocycles. The maximum absolute atomic E-state index is 11.7. The van der Waals surface area contributed by atoms with Gasteiger partial charge in [0, 0.05) is 36.4 Å². The van der Waals surface area contributed by atoms with E-state index in [4.69, 9.17) is 0 Å². The Morgan fingerprint density at radius 2 is 2.33 bits per heavy atom. The zero-order valence-electron chi connectivity index (χ0n) is 11.8. The Labute approximate surface area is 129 Å². The van der Waals surface area contributed by atoms with Crippen molar-refractivity contribution in [3.05, 3.63) is 40.8 Å². The molecule has 1 aliphatic rings. The smallest absolute Gasteiger partial charge is 0.151 e. The van der Waals surface area contributed by atoms with Crippen molar-refractivity contribution in [2.75, 3.05) is 18.1 Å². The Balaban J connectivity index is 1.68. The molecule has 0 amide bonds. The van der Waals surface area contributed by atoms with Gasteiger partial charge < -0.3 is 0 Å². The SMILES string of the molecule is O=S1(=O)CC[C@@H](N(CCn2cccn2)Cc2cccs2)C1. The van der Waals surface area contributed by atoms with E-state index in [1.807, 2.05) is 23.0 Å². The molecule has 0 radical (unpaired) electrons. The minimum Gasteiger partial charge on any atom is -0.292 e. The van der Waals surface area contributed by atoms with Gasteiger partial charge in [0.1, 0.15) is 0 Å². The molecule has 2 aromatic heterocycles. The van der Waals surface area contributed by atoms with Crippen LogP contribution < -0.4 is 0 Å². The van der Waals surface area contributed by atoms with E-state index >= 15 is 0 Å². The van der Waals surface area contributed by atoms with Gasteiger partial charge in [0.15, 0.2) is 9.84 Å². The molecule has 1 saturated heterocycles. The fourth-order valence-electron chi connectivity index (χ4n) is 2.72. The average Bonchev–Trinajstić information content (AvgIpc) is 3.15. The van der Waals surface area contributed by atoms with Gasteiger partial charge >= 0.3 is 0 Å². The van der Waals surface area contributed by atoms with E-state index in [0.29, 0.717) is 5.75 Å². The van der Waals surface area contributed by atoms with Crippen LogP contribution in [-0.4, -0.2) is 47.2 Å². The highest BCUT2D eigenvalue weighted by Gasteiger charge is 2.32. The van der Waals surface area contributed by atoms with E-state index in [9.17, 15) is 8.42 Å². The summed E-state index contributed by atoms with van der Waals surface area (Å²) in [5.41, 5.74) is 0. The minimum atomic E-state index is -2.85. The molecule has 2 aromatic rings. The second-order valence-corrected chi connectivity index (χ2v) is 8.64. The summed E-state index contributed by atoms with van der Waals surface area (Å²) < 4.78 is 25.4. The predicted molar refractivity (Wildman–Crippen MR) is 84.0 cm³/mol. The highest BCUT2D eigenvalue weighted by atomic mass is 32.2. The van der Waals surface area contributed by atoms with Crippen molar-refractivity contribution < 1.29 is 8.42 Å². The normalized spacial score (nSPS) is 21.1. The van der Waals surface area contributed by atoms with Crippen LogP contribution in [-0.2, 0) is 22.9 Å². The summed E-state index contributed by atoms with van der Waals surface area (Å²) in [6.45, 7) is 2.42. The molecule has 7 heteroatoms. The predicted octanol–water partition coefficient (Wildman–Crippen LogP) is 1.63. The molecule has 21 heavy (non-hydrogen) atoms. The first kappa shape index (κ1) is 14.7. The van der Waals surface area contributed by atoms with Gasteiger partial charge in [-0.25, -0.2) is 8.42 Å². The Morgan fingerprint density at radius 3 is 2.95 bits per heavy atom. The lowest BCUT2D eigenvalue weighted by Gasteiger charge is -2.27. The monoisotopic (exact) mass is 325 g/mol. The van der Waals surface area contributed by atoms with E-state index in [1.165, 1.54) is 4.88 Å². The third-order valence-electron chi connectivity index (χ3n) is 3.84. The highest BCUT2D eigenvalue weighted by molar-refractivity contribution is 7.91. The molecule has 0 spiro atoms. The molecule has 5 nitrogen and oxygen atoms in total. The van der Waals surface area contributed by atoms with Crippen LogP contribution in [0.2, 0.25) is 0 Å². The zero-order chi connectivity index (χ0) is 14.7. The second-order valence-electron chi connectivity index (χ2n) is 5.38. The fraction of sp³-hybridized carbons (Fsp3) is 0.500. The third kappa shape index (κ3) is 3.93. The molecule has 0 N–H and O–H groups in total. The number of aromatic nitrogens is 2. The molecule has 0 aliphatic carbocycles. The van der Waals surface area contributed by atoms with Crippen molar-refractivity contribution in [2.24, 2.45) is 0 Å². The molecular weight excluding hydrogens is 306 g/mol. The summed E-state index contributed by atoms with van der Waals surface area (Å²) in [6.07, 6.45) is 4.45. The van der Waals surface area contributed by atoms with Crippen LogP contribution >= 0.6 is 11.3 Å². The summed E-state index contributed by atoms with van der Waals surface area (Å²) in [6, 6.07) is 6.18. The van der Waals surface area contributed by atoms with Crippen molar-refractivity contribution >= 4 is 21.2 Å². The van der Waals surface area contributed by atoms with E-state index in [1.54, 1.807) is 17.5 Å². The second kappa shape index (κ2) is 6.29. The summed E-state index contributed by atoms with van der Waals surface area (Å²) in [4.78, 5) is 3.57. The number of rotatable bonds is 6.